The first-order chi connectivity index (χ1) is 14.5. The van der Waals surface area contributed by atoms with Crippen molar-refractivity contribution >= 4 is 63.5 Å². The number of hydrogen-bond donors (Lipinski definition) is 1. The molecule has 1 amide bonds. The summed E-state index contributed by atoms with van der Waals surface area (Å²) >= 11 is 15.0. The number of rotatable bonds is 6. The Kier molecular flexibility index (Phi) is 7.23. The summed E-state index contributed by atoms with van der Waals surface area (Å²) < 4.78 is 9.63. The number of benzene rings is 1. The molecule has 1 atom stereocenters. The van der Waals surface area contributed by atoms with E-state index < -0.39 is 0 Å². The van der Waals surface area contributed by atoms with Crippen LogP contribution in [-0.2, 0) is 16.1 Å². The van der Waals surface area contributed by atoms with Gasteiger partial charge in [-0.15, -0.1) is 0 Å². The maximum Gasteiger partial charge on any atom is 0.227 e. The standard InChI is InChI=1S/C20H22Cl2N4O2S2/c1-13(27)24-30-20-23-18-3-2-6-26(19(18)29-20)12-15-11-25(7-8-28-15)10-14-4-5-16(21)17(22)9-14/h2-5,9,15H,6-8,10-12H2,1H3,(H,24,27)/t15-/m0/s1. The number of nitrogens with zero attached hydrogens (tertiary/aromatic N) is 3. The lowest BCUT2D eigenvalue weighted by Crippen LogP contribution is -2.47. The second-order valence-electron chi connectivity index (χ2n) is 7.21. The minimum Gasteiger partial charge on any atom is -0.374 e. The molecule has 160 valence electrons. The van der Waals surface area contributed by atoms with E-state index in [-0.39, 0.29) is 12.0 Å². The summed E-state index contributed by atoms with van der Waals surface area (Å²) in [6.45, 7) is 6.38. The van der Waals surface area contributed by atoms with Crippen molar-refractivity contribution < 1.29 is 9.53 Å². The van der Waals surface area contributed by atoms with E-state index in [4.69, 9.17) is 27.9 Å². The second kappa shape index (κ2) is 9.89. The highest BCUT2D eigenvalue weighted by Gasteiger charge is 2.26. The van der Waals surface area contributed by atoms with Crippen LogP contribution in [0.4, 0.5) is 5.00 Å². The van der Waals surface area contributed by atoms with Gasteiger partial charge < -0.3 is 9.64 Å². The van der Waals surface area contributed by atoms with Gasteiger partial charge in [-0.2, -0.15) is 0 Å². The van der Waals surface area contributed by atoms with Crippen molar-refractivity contribution in [1.29, 1.82) is 0 Å². The molecule has 4 rings (SSSR count). The van der Waals surface area contributed by atoms with Gasteiger partial charge in [-0.05, 0) is 23.8 Å². The first kappa shape index (κ1) is 21.9. The molecule has 0 aliphatic carbocycles. The van der Waals surface area contributed by atoms with E-state index in [1.165, 1.54) is 18.9 Å². The summed E-state index contributed by atoms with van der Waals surface area (Å²) in [5.41, 5.74) is 2.10. The van der Waals surface area contributed by atoms with Crippen LogP contribution in [0.15, 0.2) is 28.6 Å². The fraction of sp³-hybridized carbons (Fsp3) is 0.400. The number of aromatic nitrogens is 1. The smallest absolute Gasteiger partial charge is 0.227 e. The van der Waals surface area contributed by atoms with E-state index >= 15 is 0 Å². The Balaban J connectivity index is 1.38. The molecule has 0 radical (unpaired) electrons. The van der Waals surface area contributed by atoms with Crippen molar-refractivity contribution in [1.82, 2.24) is 14.6 Å². The summed E-state index contributed by atoms with van der Waals surface area (Å²) in [4.78, 5) is 20.5. The summed E-state index contributed by atoms with van der Waals surface area (Å²) in [6, 6.07) is 5.80. The van der Waals surface area contributed by atoms with Crippen molar-refractivity contribution in [3.05, 3.63) is 45.6 Å². The molecule has 2 aliphatic heterocycles. The summed E-state index contributed by atoms with van der Waals surface area (Å²) in [5, 5.41) is 2.29. The van der Waals surface area contributed by atoms with E-state index in [2.05, 4.69) is 25.6 Å². The van der Waals surface area contributed by atoms with E-state index in [0.717, 1.165) is 53.3 Å². The van der Waals surface area contributed by atoms with Gasteiger partial charge >= 0.3 is 0 Å². The second-order valence-corrected chi connectivity index (χ2v) is 10.1. The molecule has 1 aromatic heterocycles. The summed E-state index contributed by atoms with van der Waals surface area (Å²) in [6.07, 6.45) is 4.26. The summed E-state index contributed by atoms with van der Waals surface area (Å²) in [7, 11) is 0. The average molecular weight is 485 g/mol. The molecule has 30 heavy (non-hydrogen) atoms. The highest BCUT2D eigenvalue weighted by molar-refractivity contribution is 7.99. The number of carbonyl (C=O) groups excluding carboxylic acids is 1. The predicted octanol–water partition coefficient (Wildman–Crippen LogP) is 4.33. The van der Waals surface area contributed by atoms with Gasteiger partial charge in [0.05, 0.1) is 28.5 Å². The molecule has 1 aromatic carbocycles. The topological polar surface area (TPSA) is 57.7 Å². The zero-order chi connectivity index (χ0) is 21.1. The molecule has 2 aromatic rings. The number of nitrogens with one attached hydrogen (secondary N) is 1. The monoisotopic (exact) mass is 484 g/mol. The highest BCUT2D eigenvalue weighted by atomic mass is 35.5. The quantitative estimate of drug-likeness (QED) is 0.615. The van der Waals surface area contributed by atoms with Crippen molar-refractivity contribution in [3.63, 3.8) is 0 Å². The van der Waals surface area contributed by atoms with Crippen molar-refractivity contribution in [3.8, 4) is 0 Å². The normalized spacial score (nSPS) is 19.0. The molecular formula is C20H22Cl2N4O2S2. The lowest BCUT2D eigenvalue weighted by atomic mass is 10.1. The van der Waals surface area contributed by atoms with Gasteiger partial charge in [0.2, 0.25) is 5.91 Å². The van der Waals surface area contributed by atoms with Crippen molar-refractivity contribution in [2.75, 3.05) is 37.7 Å². The van der Waals surface area contributed by atoms with Crippen LogP contribution in [0.1, 0.15) is 18.2 Å². The van der Waals surface area contributed by atoms with Crippen molar-refractivity contribution in [2.45, 2.75) is 23.9 Å². The van der Waals surface area contributed by atoms with Gasteiger partial charge in [-0.25, -0.2) is 4.98 Å². The summed E-state index contributed by atoms with van der Waals surface area (Å²) in [5.74, 6) is -0.0850. The molecular weight excluding hydrogens is 463 g/mol. The lowest BCUT2D eigenvalue weighted by molar-refractivity contribution is -0.117. The van der Waals surface area contributed by atoms with Crippen molar-refractivity contribution in [2.24, 2.45) is 0 Å². The maximum absolute atomic E-state index is 11.2. The van der Waals surface area contributed by atoms with Gasteiger partial charge in [0, 0.05) is 51.6 Å². The van der Waals surface area contributed by atoms with Crippen LogP contribution in [0.3, 0.4) is 0 Å². The molecule has 1 N–H and O–H groups in total. The molecule has 3 heterocycles. The molecule has 1 saturated heterocycles. The van der Waals surface area contributed by atoms with E-state index in [9.17, 15) is 4.79 Å². The van der Waals surface area contributed by atoms with Crippen LogP contribution in [0, 0.1) is 0 Å². The van der Waals surface area contributed by atoms with Crippen LogP contribution in [0.2, 0.25) is 10.0 Å². The first-order valence-corrected chi connectivity index (χ1v) is 12.0. The molecule has 0 spiro atoms. The van der Waals surface area contributed by atoms with Crippen LogP contribution in [0.25, 0.3) is 6.08 Å². The van der Waals surface area contributed by atoms with Gasteiger partial charge in [-0.3, -0.25) is 14.4 Å². The lowest BCUT2D eigenvalue weighted by Gasteiger charge is -2.36. The fourth-order valence-electron chi connectivity index (χ4n) is 3.51. The van der Waals surface area contributed by atoms with Gasteiger partial charge in [0.25, 0.3) is 0 Å². The third kappa shape index (κ3) is 5.49. The number of halogens is 2. The predicted molar refractivity (Wildman–Crippen MR) is 125 cm³/mol. The number of morpholine rings is 1. The molecule has 0 saturated carbocycles. The third-order valence-corrected chi connectivity index (χ3v) is 7.64. The Morgan fingerprint density at radius 1 is 1.40 bits per heavy atom. The van der Waals surface area contributed by atoms with Crippen LogP contribution < -0.4 is 9.62 Å². The largest absolute Gasteiger partial charge is 0.374 e. The minimum atomic E-state index is -0.0850. The molecule has 0 bridgehead atoms. The average Bonchev–Trinajstić information content (AvgIpc) is 3.14. The number of hydrogen-bond acceptors (Lipinski definition) is 7. The molecule has 0 unspecified atom stereocenters. The Bertz CT molecular complexity index is 953. The number of ether oxygens (including phenoxy) is 1. The van der Waals surface area contributed by atoms with Crippen LogP contribution in [0.5, 0.6) is 0 Å². The zero-order valence-corrected chi connectivity index (χ0v) is 19.6. The minimum absolute atomic E-state index is 0.0850. The maximum atomic E-state index is 11.2. The zero-order valence-electron chi connectivity index (χ0n) is 16.4. The first-order valence-electron chi connectivity index (χ1n) is 9.61. The number of amides is 1. The molecule has 6 nitrogen and oxygen atoms in total. The van der Waals surface area contributed by atoms with Gasteiger partial charge in [0.15, 0.2) is 4.34 Å². The third-order valence-electron chi connectivity index (χ3n) is 4.82. The molecule has 2 aliphatic rings. The Labute approximate surface area is 194 Å². The van der Waals surface area contributed by atoms with Crippen LogP contribution >= 0.6 is 46.5 Å². The molecule has 1 fully saturated rings. The number of thiazole rings is 1. The van der Waals surface area contributed by atoms with E-state index in [0.29, 0.717) is 16.7 Å². The van der Waals surface area contributed by atoms with Gasteiger partial charge in [0.1, 0.15) is 5.00 Å². The van der Waals surface area contributed by atoms with E-state index in [1.54, 1.807) is 11.3 Å². The Hall–Kier alpha value is -1.29. The fourth-order valence-corrected chi connectivity index (χ4v) is 5.54. The Morgan fingerprint density at radius 2 is 2.27 bits per heavy atom. The molecule has 10 heteroatoms. The number of fused-ring (bicyclic) bond motifs is 1. The van der Waals surface area contributed by atoms with E-state index in [1.807, 2.05) is 24.3 Å². The number of carbonyl (C=O) groups is 1. The Morgan fingerprint density at radius 3 is 3.07 bits per heavy atom. The number of anilines is 1. The highest BCUT2D eigenvalue weighted by Crippen LogP contribution is 2.36. The van der Waals surface area contributed by atoms with Gasteiger partial charge in [-0.1, -0.05) is 46.7 Å². The SMILES string of the molecule is CC(=O)NSc1nc2c(s1)N(C[C@@H]1CN(Cc3ccc(Cl)c(Cl)c3)CCO1)CC=C2. The van der Waals surface area contributed by atoms with Crippen LogP contribution in [-0.4, -0.2) is 54.7 Å².